The molecule has 2 rings (SSSR count). The number of hydrogen-bond donors (Lipinski definition) is 2. The highest BCUT2D eigenvalue weighted by Gasteiger charge is 2.16. The van der Waals surface area contributed by atoms with E-state index in [1.165, 1.54) is 0 Å². The van der Waals surface area contributed by atoms with Gasteiger partial charge in [-0.05, 0) is 24.1 Å². The molecule has 0 aliphatic carbocycles. The second kappa shape index (κ2) is 6.90. The zero-order valence-electron chi connectivity index (χ0n) is 12.2. The van der Waals surface area contributed by atoms with Crippen LogP contribution in [0, 0.1) is 0 Å². The smallest absolute Gasteiger partial charge is 0.241 e. The summed E-state index contributed by atoms with van der Waals surface area (Å²) in [5, 5.41) is 6.84. The molecular formula is C15H20N4O2. The monoisotopic (exact) mass is 288 g/mol. The molecule has 6 heteroatoms. The Hall–Kier alpha value is -2.34. The summed E-state index contributed by atoms with van der Waals surface area (Å²) in [6, 6.07) is 7.07. The fraction of sp³-hybridized carbons (Fsp3) is 0.333. The summed E-state index contributed by atoms with van der Waals surface area (Å²) in [7, 11) is 3.42. The third-order valence-corrected chi connectivity index (χ3v) is 3.24. The van der Waals surface area contributed by atoms with E-state index >= 15 is 0 Å². The third kappa shape index (κ3) is 4.06. The summed E-state index contributed by atoms with van der Waals surface area (Å²) in [5.41, 5.74) is 7.73. The largest absolute Gasteiger partial charge is 0.497 e. The van der Waals surface area contributed by atoms with Crippen LogP contribution in [0.15, 0.2) is 36.7 Å². The lowest BCUT2D eigenvalue weighted by Crippen LogP contribution is -2.35. The van der Waals surface area contributed by atoms with Gasteiger partial charge in [-0.15, -0.1) is 0 Å². The van der Waals surface area contributed by atoms with Crippen LogP contribution in [0.4, 0.5) is 0 Å². The number of benzene rings is 1. The van der Waals surface area contributed by atoms with Gasteiger partial charge in [-0.25, -0.2) is 0 Å². The van der Waals surface area contributed by atoms with Gasteiger partial charge in [-0.2, -0.15) is 5.10 Å². The van der Waals surface area contributed by atoms with Gasteiger partial charge in [0.05, 0.1) is 13.3 Å². The SMILES string of the molecule is COc1ccc(CCNC(=O)C(N)c2cnn(C)c2)cc1. The van der Waals surface area contributed by atoms with Crippen molar-refractivity contribution in [1.82, 2.24) is 15.1 Å². The van der Waals surface area contributed by atoms with Crippen molar-refractivity contribution in [2.24, 2.45) is 12.8 Å². The normalized spacial score (nSPS) is 12.0. The first kappa shape index (κ1) is 15.1. The van der Waals surface area contributed by atoms with Gasteiger partial charge in [0.25, 0.3) is 0 Å². The van der Waals surface area contributed by atoms with E-state index in [4.69, 9.17) is 10.5 Å². The Balaban J connectivity index is 1.80. The summed E-state index contributed by atoms with van der Waals surface area (Å²) in [4.78, 5) is 12.0. The Morgan fingerprint density at radius 1 is 1.43 bits per heavy atom. The van der Waals surface area contributed by atoms with Gasteiger partial charge in [-0.1, -0.05) is 12.1 Å². The highest BCUT2D eigenvalue weighted by atomic mass is 16.5. The second-order valence-electron chi connectivity index (χ2n) is 4.81. The number of ether oxygens (including phenoxy) is 1. The Labute approximate surface area is 123 Å². The quantitative estimate of drug-likeness (QED) is 0.823. The molecule has 0 radical (unpaired) electrons. The van der Waals surface area contributed by atoms with Gasteiger partial charge >= 0.3 is 0 Å². The standard InChI is InChI=1S/C15H20N4O2/c1-19-10-12(9-18-19)14(16)15(20)17-8-7-11-3-5-13(21-2)6-4-11/h3-6,9-10,14H,7-8,16H2,1-2H3,(H,17,20). The topological polar surface area (TPSA) is 82.2 Å². The molecule has 0 saturated carbocycles. The van der Waals surface area contributed by atoms with Gasteiger partial charge < -0.3 is 15.8 Å². The van der Waals surface area contributed by atoms with E-state index in [9.17, 15) is 4.79 Å². The molecule has 0 spiro atoms. The molecule has 6 nitrogen and oxygen atoms in total. The lowest BCUT2D eigenvalue weighted by Gasteiger charge is -2.10. The summed E-state index contributed by atoms with van der Waals surface area (Å²) >= 11 is 0. The summed E-state index contributed by atoms with van der Waals surface area (Å²) in [6.07, 6.45) is 4.09. The van der Waals surface area contributed by atoms with E-state index in [2.05, 4.69) is 10.4 Å². The number of aromatic nitrogens is 2. The van der Waals surface area contributed by atoms with E-state index in [0.29, 0.717) is 12.1 Å². The van der Waals surface area contributed by atoms with Crippen molar-refractivity contribution in [1.29, 1.82) is 0 Å². The highest BCUT2D eigenvalue weighted by molar-refractivity contribution is 5.82. The molecule has 1 atom stereocenters. The van der Waals surface area contributed by atoms with Crippen LogP contribution in [-0.4, -0.2) is 29.3 Å². The van der Waals surface area contributed by atoms with Crippen molar-refractivity contribution >= 4 is 5.91 Å². The zero-order valence-corrected chi connectivity index (χ0v) is 12.2. The van der Waals surface area contributed by atoms with Crippen molar-refractivity contribution < 1.29 is 9.53 Å². The summed E-state index contributed by atoms with van der Waals surface area (Å²) in [6.45, 7) is 0.541. The molecule has 3 N–H and O–H groups in total. The second-order valence-corrected chi connectivity index (χ2v) is 4.81. The fourth-order valence-electron chi connectivity index (χ4n) is 1.98. The first-order chi connectivity index (χ1) is 10.1. The number of hydrogen-bond acceptors (Lipinski definition) is 4. The Kier molecular flexibility index (Phi) is 4.94. The molecule has 112 valence electrons. The number of carbonyl (C=O) groups excluding carboxylic acids is 1. The number of carbonyl (C=O) groups is 1. The first-order valence-electron chi connectivity index (χ1n) is 6.75. The average molecular weight is 288 g/mol. The Morgan fingerprint density at radius 3 is 2.71 bits per heavy atom. The van der Waals surface area contributed by atoms with Crippen LogP contribution in [0.2, 0.25) is 0 Å². The molecule has 0 aliphatic heterocycles. The van der Waals surface area contributed by atoms with Gasteiger partial charge in [-0.3, -0.25) is 9.48 Å². The van der Waals surface area contributed by atoms with E-state index in [1.54, 1.807) is 31.2 Å². The summed E-state index contributed by atoms with van der Waals surface area (Å²) in [5.74, 6) is 0.623. The van der Waals surface area contributed by atoms with Crippen LogP contribution in [0.3, 0.4) is 0 Å². The maximum Gasteiger partial charge on any atom is 0.241 e. The van der Waals surface area contributed by atoms with E-state index in [-0.39, 0.29) is 5.91 Å². The minimum Gasteiger partial charge on any atom is -0.497 e. The number of rotatable bonds is 6. The lowest BCUT2D eigenvalue weighted by molar-refractivity contribution is -0.122. The number of amides is 1. The first-order valence-corrected chi connectivity index (χ1v) is 6.75. The maximum absolute atomic E-state index is 12.0. The molecule has 21 heavy (non-hydrogen) atoms. The number of nitrogens with two attached hydrogens (primary N) is 1. The molecule has 1 heterocycles. The van der Waals surface area contributed by atoms with Crippen LogP contribution < -0.4 is 15.8 Å². The number of nitrogens with zero attached hydrogens (tertiary/aromatic N) is 2. The van der Waals surface area contributed by atoms with Crippen LogP contribution in [0.1, 0.15) is 17.2 Å². The molecule has 1 unspecified atom stereocenters. The van der Waals surface area contributed by atoms with Crippen molar-refractivity contribution in [3.05, 3.63) is 47.8 Å². The van der Waals surface area contributed by atoms with Crippen molar-refractivity contribution in [3.63, 3.8) is 0 Å². The summed E-state index contributed by atoms with van der Waals surface area (Å²) < 4.78 is 6.72. The minimum absolute atomic E-state index is 0.198. The molecule has 0 bridgehead atoms. The van der Waals surface area contributed by atoms with E-state index in [1.807, 2.05) is 24.3 Å². The van der Waals surface area contributed by atoms with Crippen molar-refractivity contribution in [2.45, 2.75) is 12.5 Å². The number of aryl methyl sites for hydroxylation is 1. The molecule has 1 aromatic heterocycles. The molecule has 0 fully saturated rings. The molecule has 0 saturated heterocycles. The predicted molar refractivity (Wildman–Crippen MR) is 79.8 cm³/mol. The van der Waals surface area contributed by atoms with Crippen LogP contribution in [-0.2, 0) is 18.3 Å². The zero-order chi connectivity index (χ0) is 15.2. The van der Waals surface area contributed by atoms with Gasteiger partial charge in [0, 0.05) is 25.4 Å². The van der Waals surface area contributed by atoms with Crippen LogP contribution in [0.5, 0.6) is 5.75 Å². The number of nitrogens with one attached hydrogen (secondary N) is 1. The van der Waals surface area contributed by atoms with Crippen LogP contribution >= 0.6 is 0 Å². The van der Waals surface area contributed by atoms with Gasteiger partial charge in [0.15, 0.2) is 0 Å². The Bertz CT molecular complexity index is 592. The molecular weight excluding hydrogens is 268 g/mol. The van der Waals surface area contributed by atoms with Gasteiger partial charge in [0.2, 0.25) is 5.91 Å². The molecule has 1 aromatic carbocycles. The predicted octanol–water partition coefficient (Wildman–Crippen LogP) is 0.787. The molecule has 1 amide bonds. The van der Waals surface area contributed by atoms with E-state index < -0.39 is 6.04 Å². The third-order valence-electron chi connectivity index (χ3n) is 3.24. The van der Waals surface area contributed by atoms with Crippen LogP contribution in [0.25, 0.3) is 0 Å². The number of methoxy groups -OCH3 is 1. The minimum atomic E-state index is -0.686. The van der Waals surface area contributed by atoms with Crippen molar-refractivity contribution in [2.75, 3.05) is 13.7 Å². The Morgan fingerprint density at radius 2 is 2.14 bits per heavy atom. The molecule has 2 aromatic rings. The fourth-order valence-corrected chi connectivity index (χ4v) is 1.98. The van der Waals surface area contributed by atoms with Gasteiger partial charge in [0.1, 0.15) is 11.8 Å². The highest BCUT2D eigenvalue weighted by Crippen LogP contribution is 2.12. The maximum atomic E-state index is 12.0. The lowest BCUT2D eigenvalue weighted by atomic mass is 10.1. The average Bonchev–Trinajstić information content (AvgIpc) is 2.93. The van der Waals surface area contributed by atoms with Crippen molar-refractivity contribution in [3.8, 4) is 5.75 Å². The van der Waals surface area contributed by atoms with E-state index in [0.717, 1.165) is 17.7 Å². The molecule has 0 aliphatic rings.